The third-order valence-corrected chi connectivity index (χ3v) is 6.34. The Bertz CT molecular complexity index is 892. The van der Waals surface area contributed by atoms with Crippen molar-refractivity contribution in [1.82, 2.24) is 5.32 Å². The molecule has 1 unspecified atom stereocenters. The second kappa shape index (κ2) is 8.43. The Hall–Kier alpha value is -2.54. The summed E-state index contributed by atoms with van der Waals surface area (Å²) < 4.78 is 32.3. The minimum absolute atomic E-state index is 0.0255. The molecule has 2 rings (SSSR count). The van der Waals surface area contributed by atoms with Gasteiger partial charge in [-0.1, -0.05) is 26.0 Å². The summed E-state index contributed by atoms with van der Waals surface area (Å²) >= 11 is 0. The number of amides is 1. The van der Waals surface area contributed by atoms with E-state index in [0.29, 0.717) is 22.9 Å². The highest BCUT2D eigenvalue weighted by atomic mass is 32.2. The summed E-state index contributed by atoms with van der Waals surface area (Å²) in [5, 5.41) is 2.90. The molecular weight excluding hydrogens is 364 g/mol. The topological polar surface area (TPSA) is 75.7 Å². The number of ether oxygens (including phenoxy) is 1. The first kappa shape index (κ1) is 20.8. The van der Waals surface area contributed by atoms with Crippen LogP contribution in [0.2, 0.25) is 0 Å². The molecule has 2 aromatic carbocycles. The average molecular weight is 391 g/mol. The van der Waals surface area contributed by atoms with Crippen molar-refractivity contribution >= 4 is 21.6 Å². The van der Waals surface area contributed by atoms with Gasteiger partial charge in [0.25, 0.3) is 15.9 Å². The lowest BCUT2D eigenvalue weighted by atomic mass is 10.1. The highest BCUT2D eigenvalue weighted by Crippen LogP contribution is 2.30. The smallest absolute Gasteiger partial charge is 0.264 e. The molecule has 6 nitrogen and oxygen atoms in total. The van der Waals surface area contributed by atoms with E-state index < -0.39 is 10.0 Å². The number of para-hydroxylation sites is 2. The third kappa shape index (κ3) is 4.60. The van der Waals surface area contributed by atoms with E-state index in [2.05, 4.69) is 5.32 Å². The van der Waals surface area contributed by atoms with Gasteiger partial charge in [0.1, 0.15) is 5.75 Å². The van der Waals surface area contributed by atoms with Crippen LogP contribution in [-0.2, 0) is 10.0 Å². The molecule has 0 aromatic heterocycles. The van der Waals surface area contributed by atoms with Gasteiger partial charge < -0.3 is 10.1 Å². The van der Waals surface area contributed by atoms with E-state index >= 15 is 0 Å². The van der Waals surface area contributed by atoms with Gasteiger partial charge in [-0.05, 0) is 49.2 Å². The number of nitrogens with one attached hydrogen (secondary N) is 1. The van der Waals surface area contributed by atoms with Crippen molar-refractivity contribution in [2.75, 3.05) is 18.5 Å². The maximum absolute atomic E-state index is 12.9. The maximum atomic E-state index is 12.9. The first-order valence-electron chi connectivity index (χ1n) is 8.71. The van der Waals surface area contributed by atoms with Crippen molar-refractivity contribution in [3.8, 4) is 5.75 Å². The van der Waals surface area contributed by atoms with Crippen molar-refractivity contribution in [1.29, 1.82) is 0 Å². The van der Waals surface area contributed by atoms with Crippen LogP contribution in [0.25, 0.3) is 0 Å². The fourth-order valence-electron chi connectivity index (χ4n) is 2.41. The van der Waals surface area contributed by atoms with Crippen molar-refractivity contribution < 1.29 is 17.9 Å². The van der Waals surface area contributed by atoms with E-state index in [0.717, 1.165) is 0 Å². The molecule has 0 spiro atoms. The normalized spacial score (nSPS) is 12.5. The number of carbonyl (C=O) groups is 1. The molecule has 146 valence electrons. The highest BCUT2D eigenvalue weighted by molar-refractivity contribution is 7.92. The zero-order valence-corrected chi connectivity index (χ0v) is 17.1. The van der Waals surface area contributed by atoms with Crippen LogP contribution < -0.4 is 14.4 Å². The minimum Gasteiger partial charge on any atom is -0.495 e. The van der Waals surface area contributed by atoms with Gasteiger partial charge in [-0.2, -0.15) is 0 Å². The average Bonchev–Trinajstić information content (AvgIpc) is 2.67. The SMILES string of the molecule is COc1ccccc1N(C)S(=O)(=O)c1ccc(C(=O)NC(C)C(C)C)cc1. The van der Waals surface area contributed by atoms with Crippen LogP contribution in [0.15, 0.2) is 53.4 Å². The number of hydrogen-bond donors (Lipinski definition) is 1. The zero-order valence-electron chi connectivity index (χ0n) is 16.3. The lowest BCUT2D eigenvalue weighted by Crippen LogP contribution is -2.36. The molecule has 0 bridgehead atoms. The Kier molecular flexibility index (Phi) is 6.49. The number of rotatable bonds is 7. The van der Waals surface area contributed by atoms with Crippen LogP contribution in [0, 0.1) is 5.92 Å². The second-order valence-electron chi connectivity index (χ2n) is 6.67. The first-order valence-corrected chi connectivity index (χ1v) is 10.2. The molecule has 2 aromatic rings. The summed E-state index contributed by atoms with van der Waals surface area (Å²) in [4.78, 5) is 12.4. The molecule has 0 aliphatic rings. The van der Waals surface area contributed by atoms with Crippen LogP contribution in [0.3, 0.4) is 0 Å². The molecule has 0 saturated heterocycles. The molecule has 27 heavy (non-hydrogen) atoms. The maximum Gasteiger partial charge on any atom is 0.264 e. The van der Waals surface area contributed by atoms with Gasteiger partial charge in [0.15, 0.2) is 0 Å². The number of methoxy groups -OCH3 is 1. The molecule has 0 fully saturated rings. The Balaban J connectivity index is 2.26. The largest absolute Gasteiger partial charge is 0.495 e. The summed E-state index contributed by atoms with van der Waals surface area (Å²) in [5.41, 5.74) is 0.856. The molecule has 7 heteroatoms. The third-order valence-electron chi connectivity index (χ3n) is 4.56. The van der Waals surface area contributed by atoms with Crippen molar-refractivity contribution in [2.24, 2.45) is 5.92 Å². The quantitative estimate of drug-likeness (QED) is 0.787. The molecule has 0 aliphatic heterocycles. The van der Waals surface area contributed by atoms with Gasteiger partial charge in [0.2, 0.25) is 0 Å². The summed E-state index contributed by atoms with van der Waals surface area (Å²) in [5.74, 6) is 0.545. The molecule has 0 radical (unpaired) electrons. The summed E-state index contributed by atoms with van der Waals surface area (Å²) in [6, 6.07) is 12.8. The predicted octanol–water partition coefficient (Wildman–Crippen LogP) is 3.29. The minimum atomic E-state index is -3.78. The van der Waals surface area contributed by atoms with Gasteiger partial charge in [-0.15, -0.1) is 0 Å². The lowest BCUT2D eigenvalue weighted by molar-refractivity contribution is 0.0930. The van der Waals surface area contributed by atoms with E-state index in [1.165, 1.54) is 42.7 Å². The van der Waals surface area contributed by atoms with Crippen LogP contribution in [0.1, 0.15) is 31.1 Å². The van der Waals surface area contributed by atoms with Gasteiger partial charge in [0, 0.05) is 18.7 Å². The van der Waals surface area contributed by atoms with Crippen LogP contribution >= 0.6 is 0 Å². The number of hydrogen-bond acceptors (Lipinski definition) is 4. The van der Waals surface area contributed by atoms with E-state index in [9.17, 15) is 13.2 Å². The van der Waals surface area contributed by atoms with Crippen LogP contribution in [-0.4, -0.2) is 34.5 Å². The Morgan fingerprint density at radius 2 is 1.63 bits per heavy atom. The molecule has 1 amide bonds. The van der Waals surface area contributed by atoms with Crippen LogP contribution in [0.4, 0.5) is 5.69 Å². The first-order chi connectivity index (χ1) is 12.7. The van der Waals surface area contributed by atoms with Crippen molar-refractivity contribution in [3.63, 3.8) is 0 Å². The van der Waals surface area contributed by atoms with E-state index in [1.807, 2.05) is 20.8 Å². The zero-order chi connectivity index (χ0) is 20.2. The predicted molar refractivity (Wildman–Crippen MR) is 107 cm³/mol. The van der Waals surface area contributed by atoms with E-state index in [4.69, 9.17) is 4.74 Å². The van der Waals surface area contributed by atoms with Crippen LogP contribution in [0.5, 0.6) is 5.75 Å². The number of carbonyl (C=O) groups excluding carboxylic acids is 1. The van der Waals surface area contributed by atoms with Gasteiger partial charge in [-0.3, -0.25) is 9.10 Å². The fraction of sp³-hybridized carbons (Fsp3) is 0.350. The van der Waals surface area contributed by atoms with E-state index in [1.54, 1.807) is 24.3 Å². The number of sulfonamides is 1. The number of benzene rings is 2. The van der Waals surface area contributed by atoms with Gasteiger partial charge in [0.05, 0.1) is 17.7 Å². The van der Waals surface area contributed by atoms with Crippen molar-refractivity contribution in [2.45, 2.75) is 31.7 Å². The number of nitrogens with zero attached hydrogens (tertiary/aromatic N) is 1. The van der Waals surface area contributed by atoms with Gasteiger partial charge in [-0.25, -0.2) is 8.42 Å². The molecule has 1 atom stereocenters. The Morgan fingerprint density at radius 1 is 1.04 bits per heavy atom. The van der Waals surface area contributed by atoms with E-state index in [-0.39, 0.29) is 16.8 Å². The fourth-order valence-corrected chi connectivity index (χ4v) is 3.62. The summed E-state index contributed by atoms with van der Waals surface area (Å²) in [6.45, 7) is 5.98. The summed E-state index contributed by atoms with van der Waals surface area (Å²) in [7, 11) is -0.821. The molecule has 1 N–H and O–H groups in total. The number of anilines is 1. The Labute approximate surface area is 161 Å². The monoisotopic (exact) mass is 390 g/mol. The standard InChI is InChI=1S/C20H26N2O4S/c1-14(2)15(3)21-20(23)16-10-12-17(13-11-16)27(24,25)22(4)18-8-6-7-9-19(18)26-5/h6-15H,1-5H3,(H,21,23). The molecular formula is C20H26N2O4S. The molecule has 0 saturated carbocycles. The lowest BCUT2D eigenvalue weighted by Gasteiger charge is -2.22. The van der Waals surface area contributed by atoms with Gasteiger partial charge >= 0.3 is 0 Å². The van der Waals surface area contributed by atoms with Crippen molar-refractivity contribution in [3.05, 3.63) is 54.1 Å². The molecule has 0 aliphatic carbocycles. The summed E-state index contributed by atoms with van der Waals surface area (Å²) in [6.07, 6.45) is 0. The molecule has 0 heterocycles. The second-order valence-corrected chi connectivity index (χ2v) is 8.64. The Morgan fingerprint density at radius 3 is 2.19 bits per heavy atom. The highest BCUT2D eigenvalue weighted by Gasteiger charge is 2.24.